The second kappa shape index (κ2) is 11.5. The van der Waals surface area contributed by atoms with E-state index in [1.165, 1.54) is 0 Å². The molecule has 0 atom stereocenters. The standard InChI is InChI=1S/C17H22BrN3O2.HI/c1-19-17(20-10-3-11-22-2)21-12-15-8-9-16(23-15)13-4-6-14(18)7-5-13;/h4-9H,3,10-12H2,1-2H3,(H2,19,20,21);1H. The number of nitrogens with zero attached hydrogens (tertiary/aromatic N) is 1. The third kappa shape index (κ3) is 6.82. The second-order valence-corrected chi connectivity index (χ2v) is 5.89. The molecule has 0 aliphatic heterocycles. The Bertz CT molecular complexity index is 629. The van der Waals surface area contributed by atoms with Gasteiger partial charge < -0.3 is 19.8 Å². The number of hydrogen-bond donors (Lipinski definition) is 2. The number of methoxy groups -OCH3 is 1. The van der Waals surface area contributed by atoms with E-state index in [1.54, 1.807) is 14.2 Å². The summed E-state index contributed by atoms with van der Waals surface area (Å²) in [5.41, 5.74) is 1.06. The SMILES string of the molecule is CN=C(NCCCOC)NCc1ccc(-c2ccc(Br)cc2)o1.I. The molecule has 0 saturated heterocycles. The molecule has 0 spiro atoms. The second-order valence-electron chi connectivity index (χ2n) is 4.97. The topological polar surface area (TPSA) is 58.8 Å². The van der Waals surface area contributed by atoms with E-state index < -0.39 is 0 Å². The van der Waals surface area contributed by atoms with E-state index in [1.807, 2.05) is 36.4 Å². The predicted molar refractivity (Wildman–Crippen MR) is 112 cm³/mol. The maximum atomic E-state index is 5.87. The number of rotatable bonds is 7. The van der Waals surface area contributed by atoms with Crippen molar-refractivity contribution in [2.24, 2.45) is 4.99 Å². The van der Waals surface area contributed by atoms with Crippen LogP contribution in [0.4, 0.5) is 0 Å². The van der Waals surface area contributed by atoms with Crippen LogP contribution in [0.2, 0.25) is 0 Å². The summed E-state index contributed by atoms with van der Waals surface area (Å²) in [6.45, 7) is 2.13. The third-order valence-electron chi connectivity index (χ3n) is 3.26. The summed E-state index contributed by atoms with van der Waals surface area (Å²) in [6, 6.07) is 12.0. The minimum Gasteiger partial charge on any atom is -0.459 e. The molecular weight excluding hydrogens is 485 g/mol. The van der Waals surface area contributed by atoms with Gasteiger partial charge in [-0.3, -0.25) is 4.99 Å². The van der Waals surface area contributed by atoms with Crippen LogP contribution in [0.1, 0.15) is 12.2 Å². The molecule has 0 saturated carbocycles. The summed E-state index contributed by atoms with van der Waals surface area (Å²) < 4.78 is 11.9. The van der Waals surface area contributed by atoms with Crippen LogP contribution in [0.3, 0.4) is 0 Å². The summed E-state index contributed by atoms with van der Waals surface area (Å²) >= 11 is 3.43. The highest BCUT2D eigenvalue weighted by Crippen LogP contribution is 2.23. The summed E-state index contributed by atoms with van der Waals surface area (Å²) in [4.78, 5) is 4.18. The maximum Gasteiger partial charge on any atom is 0.191 e. The lowest BCUT2D eigenvalue weighted by molar-refractivity contribution is 0.195. The van der Waals surface area contributed by atoms with Gasteiger partial charge in [-0.25, -0.2) is 0 Å². The fraction of sp³-hybridized carbons (Fsp3) is 0.353. The Balaban J connectivity index is 0.00000288. The molecule has 5 nitrogen and oxygen atoms in total. The van der Waals surface area contributed by atoms with Gasteiger partial charge in [-0.15, -0.1) is 24.0 Å². The average molecular weight is 508 g/mol. The first-order chi connectivity index (χ1) is 11.2. The Morgan fingerprint density at radius 3 is 2.58 bits per heavy atom. The lowest BCUT2D eigenvalue weighted by atomic mass is 10.2. The molecule has 2 rings (SSSR count). The van der Waals surface area contributed by atoms with Gasteiger partial charge in [0, 0.05) is 37.3 Å². The molecule has 1 aromatic heterocycles. The van der Waals surface area contributed by atoms with E-state index in [4.69, 9.17) is 9.15 Å². The van der Waals surface area contributed by atoms with Gasteiger partial charge in [0.15, 0.2) is 5.96 Å². The maximum absolute atomic E-state index is 5.87. The van der Waals surface area contributed by atoms with Crippen LogP contribution < -0.4 is 10.6 Å². The number of halogens is 2. The molecule has 7 heteroatoms. The number of furan rings is 1. The Morgan fingerprint density at radius 2 is 1.92 bits per heavy atom. The van der Waals surface area contributed by atoms with Crippen molar-refractivity contribution in [3.63, 3.8) is 0 Å². The minimum atomic E-state index is 0. The van der Waals surface area contributed by atoms with Gasteiger partial charge in [-0.2, -0.15) is 0 Å². The van der Waals surface area contributed by atoms with Crippen LogP contribution >= 0.6 is 39.9 Å². The smallest absolute Gasteiger partial charge is 0.191 e. The van der Waals surface area contributed by atoms with Crippen molar-refractivity contribution >= 4 is 45.9 Å². The lowest BCUT2D eigenvalue weighted by Gasteiger charge is -2.10. The number of aliphatic imine (C=N–C) groups is 1. The first-order valence-electron chi connectivity index (χ1n) is 7.51. The first-order valence-corrected chi connectivity index (χ1v) is 8.30. The average Bonchev–Trinajstić information content (AvgIpc) is 3.04. The van der Waals surface area contributed by atoms with Crippen molar-refractivity contribution in [2.45, 2.75) is 13.0 Å². The fourth-order valence-electron chi connectivity index (χ4n) is 2.06. The number of nitrogens with one attached hydrogen (secondary N) is 2. The van der Waals surface area contributed by atoms with E-state index in [0.29, 0.717) is 6.54 Å². The quantitative estimate of drug-likeness (QED) is 0.257. The molecule has 1 aromatic carbocycles. The van der Waals surface area contributed by atoms with Crippen molar-refractivity contribution < 1.29 is 9.15 Å². The molecule has 0 amide bonds. The first kappa shape index (κ1) is 21.0. The van der Waals surface area contributed by atoms with Gasteiger partial charge in [0.1, 0.15) is 11.5 Å². The van der Waals surface area contributed by atoms with Crippen molar-refractivity contribution in [2.75, 3.05) is 27.3 Å². The minimum absolute atomic E-state index is 0. The molecule has 132 valence electrons. The van der Waals surface area contributed by atoms with Gasteiger partial charge in [0.25, 0.3) is 0 Å². The van der Waals surface area contributed by atoms with Crippen molar-refractivity contribution in [1.29, 1.82) is 0 Å². The molecule has 24 heavy (non-hydrogen) atoms. The van der Waals surface area contributed by atoms with E-state index in [9.17, 15) is 0 Å². The van der Waals surface area contributed by atoms with Crippen LogP contribution in [-0.4, -0.2) is 33.3 Å². The van der Waals surface area contributed by atoms with Gasteiger partial charge in [-0.05, 0) is 30.7 Å². The summed E-state index contributed by atoms with van der Waals surface area (Å²) in [5, 5.41) is 6.46. The molecule has 2 N–H and O–H groups in total. The Kier molecular flexibility index (Phi) is 10.0. The van der Waals surface area contributed by atoms with Crippen LogP contribution in [0.5, 0.6) is 0 Å². The Labute approximate surface area is 168 Å². The molecular formula is C17H23BrIN3O2. The normalized spacial score (nSPS) is 11.0. The number of benzene rings is 1. The molecule has 0 aliphatic carbocycles. The van der Waals surface area contributed by atoms with Gasteiger partial charge >= 0.3 is 0 Å². The van der Waals surface area contributed by atoms with Gasteiger partial charge in [0.05, 0.1) is 6.54 Å². The highest BCUT2D eigenvalue weighted by molar-refractivity contribution is 14.0. The number of hydrogen-bond acceptors (Lipinski definition) is 3. The number of guanidine groups is 1. The van der Waals surface area contributed by atoms with Gasteiger partial charge in [0.2, 0.25) is 0 Å². The van der Waals surface area contributed by atoms with E-state index in [2.05, 4.69) is 31.6 Å². The zero-order valence-electron chi connectivity index (χ0n) is 13.8. The molecule has 2 aromatic rings. The van der Waals surface area contributed by atoms with E-state index >= 15 is 0 Å². The van der Waals surface area contributed by atoms with E-state index in [0.717, 1.165) is 47.1 Å². The molecule has 0 radical (unpaired) electrons. The molecule has 1 heterocycles. The molecule has 0 bridgehead atoms. The Morgan fingerprint density at radius 1 is 1.17 bits per heavy atom. The molecule has 0 unspecified atom stereocenters. The van der Waals surface area contributed by atoms with Crippen molar-refractivity contribution in [3.8, 4) is 11.3 Å². The third-order valence-corrected chi connectivity index (χ3v) is 3.79. The van der Waals surface area contributed by atoms with Crippen LogP contribution in [-0.2, 0) is 11.3 Å². The zero-order valence-corrected chi connectivity index (χ0v) is 17.8. The molecule has 0 fully saturated rings. The summed E-state index contributed by atoms with van der Waals surface area (Å²) in [7, 11) is 3.45. The van der Waals surface area contributed by atoms with Gasteiger partial charge in [-0.1, -0.05) is 28.1 Å². The fourth-order valence-corrected chi connectivity index (χ4v) is 2.32. The predicted octanol–water partition coefficient (Wildman–Crippen LogP) is 4.03. The zero-order chi connectivity index (χ0) is 16.5. The monoisotopic (exact) mass is 507 g/mol. The van der Waals surface area contributed by atoms with Crippen LogP contribution in [0.15, 0.2) is 50.3 Å². The summed E-state index contributed by atoms with van der Waals surface area (Å²) in [5.74, 6) is 2.47. The molecule has 0 aliphatic rings. The number of ether oxygens (including phenoxy) is 1. The van der Waals surface area contributed by atoms with Crippen LogP contribution in [0, 0.1) is 0 Å². The van der Waals surface area contributed by atoms with E-state index in [-0.39, 0.29) is 24.0 Å². The Hall–Kier alpha value is -1.06. The largest absolute Gasteiger partial charge is 0.459 e. The van der Waals surface area contributed by atoms with Crippen molar-refractivity contribution in [3.05, 3.63) is 46.6 Å². The summed E-state index contributed by atoms with van der Waals surface area (Å²) in [6.07, 6.45) is 0.936. The van der Waals surface area contributed by atoms with Crippen molar-refractivity contribution in [1.82, 2.24) is 10.6 Å². The lowest BCUT2D eigenvalue weighted by Crippen LogP contribution is -2.37. The highest BCUT2D eigenvalue weighted by atomic mass is 127. The highest BCUT2D eigenvalue weighted by Gasteiger charge is 2.05. The van der Waals surface area contributed by atoms with Crippen LogP contribution in [0.25, 0.3) is 11.3 Å².